The molecular weight excluding hydrogens is 679 g/mol. The molecule has 0 N–H and O–H groups in total. The van der Waals surface area contributed by atoms with Gasteiger partial charge in [0.05, 0.1) is 11.1 Å². The topological polar surface area (TPSA) is 78.1 Å². The predicted molar refractivity (Wildman–Crippen MR) is 221 cm³/mol. The average Bonchev–Trinajstić information content (AvgIpc) is 3.95. The lowest BCUT2D eigenvalue weighted by Gasteiger charge is -2.13. The Morgan fingerprint density at radius 1 is 0.291 bits per heavy atom. The number of nitrogens with zero attached hydrogens (tertiary/aromatic N) is 3. The molecule has 8 aromatic carbocycles. The van der Waals surface area contributed by atoms with Crippen LogP contribution in [0.2, 0.25) is 0 Å². The Balaban J connectivity index is 1.21. The molecule has 0 aliphatic heterocycles. The fraction of sp³-hybridized carbons (Fsp3) is 0. The molecule has 12 aromatic rings. The highest BCUT2D eigenvalue weighted by Gasteiger charge is 2.23. The van der Waals surface area contributed by atoms with Crippen molar-refractivity contribution in [2.75, 3.05) is 0 Å². The van der Waals surface area contributed by atoms with Crippen molar-refractivity contribution in [2.45, 2.75) is 0 Å². The highest BCUT2D eigenvalue weighted by Crippen LogP contribution is 2.44. The van der Waals surface area contributed by atoms with Gasteiger partial charge in [-0.15, -0.1) is 0 Å². The zero-order chi connectivity index (χ0) is 36.0. The minimum atomic E-state index is 0.502. The summed E-state index contributed by atoms with van der Waals surface area (Å²) in [7, 11) is 0. The molecule has 4 aromatic heterocycles. The summed E-state index contributed by atoms with van der Waals surface area (Å²) in [6.07, 6.45) is 0. The summed E-state index contributed by atoms with van der Waals surface area (Å²) in [6, 6.07) is 55.6. The second-order valence-corrected chi connectivity index (χ2v) is 13.9. The first-order valence-electron chi connectivity index (χ1n) is 18.3. The van der Waals surface area contributed by atoms with Crippen LogP contribution >= 0.6 is 0 Å². The fourth-order valence-corrected chi connectivity index (χ4v) is 8.26. The van der Waals surface area contributed by atoms with E-state index in [1.165, 1.54) is 0 Å². The number of aromatic nitrogens is 3. The van der Waals surface area contributed by atoms with Gasteiger partial charge in [0.25, 0.3) is 0 Å². The van der Waals surface area contributed by atoms with E-state index in [1.54, 1.807) is 0 Å². The number of rotatable bonds is 4. The highest BCUT2D eigenvalue weighted by atomic mass is 16.3. The Labute approximate surface area is 312 Å². The summed E-state index contributed by atoms with van der Waals surface area (Å²) in [5.41, 5.74) is 9.30. The number of benzene rings is 8. The first-order chi connectivity index (χ1) is 27.3. The van der Waals surface area contributed by atoms with Gasteiger partial charge in [0.2, 0.25) is 0 Å². The standard InChI is InChI=1S/C49H27N3O3/c1-2-13-28(14-3-1)29-18-10-19-33-39(27-38-32-17-6-9-26-42(32)55-46(38)43(29)33)49-51-47(36-22-11-20-34-30-15-4-7-24-40(30)53-44(34)36)50-48(52-49)37-23-12-21-35-31-16-5-8-25-41(31)54-45(35)37/h1-27H. The zero-order valence-electron chi connectivity index (χ0n) is 29.2. The van der Waals surface area contributed by atoms with Crippen LogP contribution in [-0.2, 0) is 0 Å². The third kappa shape index (κ3) is 4.46. The van der Waals surface area contributed by atoms with Gasteiger partial charge < -0.3 is 13.3 Å². The van der Waals surface area contributed by atoms with Crippen molar-refractivity contribution in [3.63, 3.8) is 0 Å². The monoisotopic (exact) mass is 705 g/mol. The second-order valence-electron chi connectivity index (χ2n) is 13.9. The summed E-state index contributed by atoms with van der Waals surface area (Å²) in [5.74, 6) is 1.54. The van der Waals surface area contributed by atoms with Gasteiger partial charge in [-0.2, -0.15) is 0 Å². The van der Waals surface area contributed by atoms with Crippen molar-refractivity contribution in [1.29, 1.82) is 0 Å². The maximum absolute atomic E-state index is 6.68. The van der Waals surface area contributed by atoms with Gasteiger partial charge in [0.1, 0.15) is 33.5 Å². The molecule has 0 radical (unpaired) electrons. The Hall–Kier alpha value is -7.57. The number of hydrogen-bond donors (Lipinski definition) is 0. The molecule has 0 spiro atoms. The van der Waals surface area contributed by atoms with Crippen LogP contribution in [0.25, 0.3) is 122 Å². The summed E-state index contributed by atoms with van der Waals surface area (Å²) in [4.78, 5) is 15.9. The van der Waals surface area contributed by atoms with E-state index in [9.17, 15) is 0 Å². The largest absolute Gasteiger partial charge is 0.455 e. The first-order valence-corrected chi connectivity index (χ1v) is 18.3. The van der Waals surface area contributed by atoms with E-state index in [0.29, 0.717) is 17.5 Å². The Bertz CT molecular complexity index is 3370. The zero-order valence-corrected chi connectivity index (χ0v) is 29.2. The number of hydrogen-bond acceptors (Lipinski definition) is 6. The summed E-state index contributed by atoms with van der Waals surface area (Å²) >= 11 is 0. The van der Waals surface area contributed by atoms with E-state index < -0.39 is 0 Å². The molecule has 4 heterocycles. The van der Waals surface area contributed by atoms with Crippen molar-refractivity contribution in [3.05, 3.63) is 164 Å². The smallest absolute Gasteiger partial charge is 0.167 e. The lowest BCUT2D eigenvalue weighted by atomic mass is 9.93. The molecule has 0 saturated heterocycles. The summed E-state index contributed by atoms with van der Waals surface area (Å²) < 4.78 is 19.8. The number of para-hydroxylation sites is 5. The minimum absolute atomic E-state index is 0.502. The van der Waals surface area contributed by atoms with Gasteiger partial charge in [0.15, 0.2) is 17.5 Å². The first kappa shape index (κ1) is 29.9. The van der Waals surface area contributed by atoms with Crippen molar-refractivity contribution in [1.82, 2.24) is 15.0 Å². The van der Waals surface area contributed by atoms with Crippen molar-refractivity contribution >= 4 is 76.6 Å². The molecule has 55 heavy (non-hydrogen) atoms. The molecule has 0 aliphatic carbocycles. The fourth-order valence-electron chi connectivity index (χ4n) is 8.26. The van der Waals surface area contributed by atoms with E-state index >= 15 is 0 Å². The molecule has 0 saturated carbocycles. The molecule has 6 heteroatoms. The molecule has 0 amide bonds. The maximum Gasteiger partial charge on any atom is 0.167 e. The molecule has 6 nitrogen and oxygen atoms in total. The molecule has 0 fully saturated rings. The third-order valence-corrected chi connectivity index (χ3v) is 10.8. The van der Waals surface area contributed by atoms with Crippen LogP contribution in [0.15, 0.2) is 177 Å². The van der Waals surface area contributed by atoms with Gasteiger partial charge in [0, 0.05) is 43.3 Å². The second kappa shape index (κ2) is 11.5. The van der Waals surface area contributed by atoms with Gasteiger partial charge >= 0.3 is 0 Å². The molecule has 0 atom stereocenters. The van der Waals surface area contributed by atoms with E-state index in [0.717, 1.165) is 104 Å². The molecule has 0 unspecified atom stereocenters. The number of furan rings is 3. The van der Waals surface area contributed by atoms with E-state index in [1.807, 2.05) is 84.9 Å². The van der Waals surface area contributed by atoms with Crippen LogP contribution in [0.4, 0.5) is 0 Å². The molecular formula is C49H27N3O3. The van der Waals surface area contributed by atoms with Crippen molar-refractivity contribution in [2.24, 2.45) is 0 Å². The van der Waals surface area contributed by atoms with E-state index in [4.69, 9.17) is 28.2 Å². The lowest BCUT2D eigenvalue weighted by Crippen LogP contribution is -2.01. The van der Waals surface area contributed by atoms with Crippen molar-refractivity contribution < 1.29 is 13.3 Å². The SMILES string of the molecule is c1ccc(-c2cccc3c(-c4nc(-c5cccc6c5oc5ccccc56)nc(-c5cccc6c5oc5ccccc56)n4)cc4c5ccccc5oc4c23)cc1. The van der Waals surface area contributed by atoms with Crippen LogP contribution in [0.5, 0.6) is 0 Å². The van der Waals surface area contributed by atoms with Gasteiger partial charge in [-0.05, 0) is 52.9 Å². The summed E-state index contributed by atoms with van der Waals surface area (Å²) in [5, 5.41) is 8.07. The maximum atomic E-state index is 6.68. The minimum Gasteiger partial charge on any atom is -0.455 e. The molecule has 0 bridgehead atoms. The van der Waals surface area contributed by atoms with Gasteiger partial charge in [-0.1, -0.05) is 127 Å². The van der Waals surface area contributed by atoms with Crippen LogP contribution in [0, 0.1) is 0 Å². The van der Waals surface area contributed by atoms with Crippen LogP contribution < -0.4 is 0 Å². The molecule has 12 rings (SSSR count). The number of fused-ring (bicyclic) bond motifs is 11. The Kier molecular flexibility index (Phi) is 6.24. The van der Waals surface area contributed by atoms with Crippen LogP contribution in [0.3, 0.4) is 0 Å². The van der Waals surface area contributed by atoms with Gasteiger partial charge in [-0.3, -0.25) is 0 Å². The van der Waals surface area contributed by atoms with E-state index in [-0.39, 0.29) is 0 Å². The van der Waals surface area contributed by atoms with Gasteiger partial charge in [-0.25, -0.2) is 15.0 Å². The highest BCUT2D eigenvalue weighted by molar-refractivity contribution is 6.22. The van der Waals surface area contributed by atoms with E-state index in [2.05, 4.69) is 78.9 Å². The third-order valence-electron chi connectivity index (χ3n) is 10.8. The summed E-state index contributed by atoms with van der Waals surface area (Å²) in [6.45, 7) is 0. The van der Waals surface area contributed by atoms with Crippen molar-refractivity contribution in [3.8, 4) is 45.3 Å². The Morgan fingerprint density at radius 2 is 0.709 bits per heavy atom. The lowest BCUT2D eigenvalue weighted by molar-refractivity contribution is 0.669. The molecule has 0 aliphatic rings. The van der Waals surface area contributed by atoms with Crippen LogP contribution in [-0.4, -0.2) is 15.0 Å². The molecule has 256 valence electrons. The normalized spacial score (nSPS) is 12.0. The average molecular weight is 706 g/mol. The van der Waals surface area contributed by atoms with Crippen LogP contribution in [0.1, 0.15) is 0 Å². The predicted octanol–water partition coefficient (Wildman–Crippen LogP) is 13.4. The Morgan fingerprint density at radius 3 is 1.27 bits per heavy atom. The quantitative estimate of drug-likeness (QED) is 0.181.